The summed E-state index contributed by atoms with van der Waals surface area (Å²) in [6.07, 6.45) is 0. The molecule has 3 rings (SSSR count). The minimum absolute atomic E-state index is 0.160. The Morgan fingerprint density at radius 1 is 1.04 bits per heavy atom. The molecular weight excluding hydrogens is 359 g/mol. The topological polar surface area (TPSA) is 42.8 Å². The van der Waals surface area contributed by atoms with Crippen LogP contribution in [0.4, 0.5) is 0 Å². The van der Waals surface area contributed by atoms with Crippen molar-refractivity contribution in [2.24, 2.45) is 0 Å². The summed E-state index contributed by atoms with van der Waals surface area (Å²) in [7, 11) is 0. The van der Waals surface area contributed by atoms with E-state index in [4.69, 9.17) is 27.9 Å². The average Bonchev–Trinajstić information content (AvgIpc) is 2.64. The lowest BCUT2D eigenvalue weighted by atomic mass is 10.1. The molecule has 0 bridgehead atoms. The van der Waals surface area contributed by atoms with Gasteiger partial charge in [-0.25, -0.2) is 0 Å². The molecule has 1 aliphatic rings. The highest BCUT2D eigenvalue weighted by atomic mass is 35.5. The van der Waals surface area contributed by atoms with Gasteiger partial charge < -0.3 is 15.0 Å². The summed E-state index contributed by atoms with van der Waals surface area (Å²) in [5, 5.41) is 3.79. The van der Waals surface area contributed by atoms with E-state index in [0.717, 1.165) is 38.4 Å². The summed E-state index contributed by atoms with van der Waals surface area (Å²) in [5.74, 6) is -0.160. The van der Waals surface area contributed by atoms with Gasteiger partial charge in [0, 0.05) is 17.7 Å². The lowest BCUT2D eigenvalue weighted by Crippen LogP contribution is -3.12. The van der Waals surface area contributed by atoms with Crippen LogP contribution in [0.15, 0.2) is 42.5 Å². The number of carbonyl (C=O) groups excluding carboxylic acids is 1. The average molecular weight is 380 g/mol. The van der Waals surface area contributed by atoms with Crippen LogP contribution in [0.2, 0.25) is 10.0 Å². The summed E-state index contributed by atoms with van der Waals surface area (Å²) in [4.78, 5) is 13.9. The van der Waals surface area contributed by atoms with Crippen molar-refractivity contribution in [1.82, 2.24) is 5.32 Å². The van der Waals surface area contributed by atoms with E-state index in [1.54, 1.807) is 18.2 Å². The molecule has 1 amide bonds. The van der Waals surface area contributed by atoms with Gasteiger partial charge in [-0.2, -0.15) is 0 Å². The first-order valence-electron chi connectivity index (χ1n) is 8.35. The van der Waals surface area contributed by atoms with Crippen LogP contribution in [0.3, 0.4) is 0 Å². The molecule has 0 unspecified atom stereocenters. The SMILES string of the molecule is O=C(NCc1ccccc1C[NH+]1CCOCC1)c1ccc(Cl)c(Cl)c1. The molecule has 1 saturated heterocycles. The van der Waals surface area contributed by atoms with Crippen molar-refractivity contribution < 1.29 is 14.4 Å². The molecule has 25 heavy (non-hydrogen) atoms. The Balaban J connectivity index is 1.64. The Morgan fingerprint density at radius 3 is 2.48 bits per heavy atom. The van der Waals surface area contributed by atoms with Crippen molar-refractivity contribution in [3.63, 3.8) is 0 Å². The highest BCUT2D eigenvalue weighted by molar-refractivity contribution is 6.42. The van der Waals surface area contributed by atoms with E-state index in [1.165, 1.54) is 10.5 Å². The van der Waals surface area contributed by atoms with Crippen molar-refractivity contribution in [1.29, 1.82) is 0 Å². The van der Waals surface area contributed by atoms with Gasteiger partial charge in [-0.05, 0) is 23.8 Å². The first-order chi connectivity index (χ1) is 12.1. The molecule has 4 nitrogen and oxygen atoms in total. The zero-order valence-electron chi connectivity index (χ0n) is 13.9. The highest BCUT2D eigenvalue weighted by Gasteiger charge is 2.16. The molecular formula is C19H21Cl2N2O2+. The van der Waals surface area contributed by atoms with Gasteiger partial charge >= 0.3 is 0 Å². The Bertz CT molecular complexity index is 746. The maximum atomic E-state index is 12.3. The molecule has 0 saturated carbocycles. The van der Waals surface area contributed by atoms with Crippen LogP contribution >= 0.6 is 23.2 Å². The fraction of sp³-hybridized carbons (Fsp3) is 0.316. The second-order valence-corrected chi connectivity index (χ2v) is 6.93. The van der Waals surface area contributed by atoms with Crippen LogP contribution in [0, 0.1) is 0 Å². The number of hydrogen-bond donors (Lipinski definition) is 2. The predicted molar refractivity (Wildman–Crippen MR) is 99.3 cm³/mol. The van der Waals surface area contributed by atoms with Crippen LogP contribution in [0.25, 0.3) is 0 Å². The van der Waals surface area contributed by atoms with Crippen LogP contribution in [-0.4, -0.2) is 32.2 Å². The lowest BCUT2D eigenvalue weighted by molar-refractivity contribution is -0.921. The normalized spacial score (nSPS) is 15.1. The Morgan fingerprint density at radius 2 is 1.76 bits per heavy atom. The van der Waals surface area contributed by atoms with Crippen molar-refractivity contribution in [3.8, 4) is 0 Å². The van der Waals surface area contributed by atoms with E-state index in [0.29, 0.717) is 22.2 Å². The van der Waals surface area contributed by atoms with E-state index in [-0.39, 0.29) is 5.91 Å². The number of halogens is 2. The minimum atomic E-state index is -0.160. The Kier molecular flexibility index (Phi) is 6.32. The van der Waals surface area contributed by atoms with Crippen LogP contribution < -0.4 is 10.2 Å². The van der Waals surface area contributed by atoms with Gasteiger partial charge in [0.2, 0.25) is 0 Å². The molecule has 1 heterocycles. The predicted octanol–water partition coefficient (Wildman–Crippen LogP) is 2.34. The van der Waals surface area contributed by atoms with Gasteiger partial charge in [-0.3, -0.25) is 4.79 Å². The van der Waals surface area contributed by atoms with Gasteiger partial charge in [-0.15, -0.1) is 0 Å². The molecule has 0 atom stereocenters. The number of morpholine rings is 1. The van der Waals surface area contributed by atoms with E-state index in [2.05, 4.69) is 17.4 Å². The number of nitrogens with one attached hydrogen (secondary N) is 2. The first kappa shape index (κ1) is 18.2. The standard InChI is InChI=1S/C19H20Cl2N2O2/c20-17-6-5-14(11-18(17)21)19(24)22-12-15-3-1-2-4-16(15)13-23-7-9-25-10-8-23/h1-6,11H,7-10,12-13H2,(H,22,24)/p+1. The second kappa shape index (κ2) is 8.68. The van der Waals surface area contributed by atoms with E-state index < -0.39 is 0 Å². The highest BCUT2D eigenvalue weighted by Crippen LogP contribution is 2.22. The third-order valence-electron chi connectivity index (χ3n) is 4.38. The molecule has 1 aliphatic heterocycles. The Hall–Kier alpha value is -1.59. The van der Waals surface area contributed by atoms with Crippen molar-refractivity contribution >= 4 is 29.1 Å². The molecule has 2 N–H and O–H groups in total. The molecule has 1 fully saturated rings. The number of hydrogen-bond acceptors (Lipinski definition) is 2. The van der Waals surface area contributed by atoms with Gasteiger partial charge in [0.05, 0.1) is 23.3 Å². The lowest BCUT2D eigenvalue weighted by Gasteiger charge is -2.24. The van der Waals surface area contributed by atoms with E-state index in [9.17, 15) is 4.79 Å². The third-order valence-corrected chi connectivity index (χ3v) is 5.12. The molecule has 0 spiro atoms. The summed E-state index contributed by atoms with van der Waals surface area (Å²) in [6, 6.07) is 13.1. The van der Waals surface area contributed by atoms with Gasteiger partial charge in [0.1, 0.15) is 19.6 Å². The number of carbonyl (C=O) groups is 1. The Labute approximate surface area is 157 Å². The molecule has 2 aromatic rings. The van der Waals surface area contributed by atoms with Crippen LogP contribution in [0.5, 0.6) is 0 Å². The first-order valence-corrected chi connectivity index (χ1v) is 9.10. The number of rotatable bonds is 5. The number of benzene rings is 2. The van der Waals surface area contributed by atoms with Crippen LogP contribution in [-0.2, 0) is 17.8 Å². The minimum Gasteiger partial charge on any atom is -0.370 e. The maximum absolute atomic E-state index is 12.3. The number of ether oxygens (including phenoxy) is 1. The van der Waals surface area contributed by atoms with Gasteiger partial charge in [-0.1, -0.05) is 47.5 Å². The van der Waals surface area contributed by atoms with Crippen LogP contribution in [0.1, 0.15) is 21.5 Å². The number of amides is 1. The van der Waals surface area contributed by atoms with Crippen molar-refractivity contribution in [2.75, 3.05) is 26.3 Å². The molecule has 0 aromatic heterocycles. The van der Waals surface area contributed by atoms with Crippen molar-refractivity contribution in [3.05, 3.63) is 69.2 Å². The zero-order valence-corrected chi connectivity index (χ0v) is 15.4. The van der Waals surface area contributed by atoms with Crippen molar-refractivity contribution in [2.45, 2.75) is 13.1 Å². The van der Waals surface area contributed by atoms with Gasteiger partial charge in [0.15, 0.2) is 0 Å². The monoisotopic (exact) mass is 379 g/mol. The smallest absolute Gasteiger partial charge is 0.251 e. The molecule has 6 heteroatoms. The fourth-order valence-corrected chi connectivity index (χ4v) is 3.22. The second-order valence-electron chi connectivity index (χ2n) is 6.12. The quantitative estimate of drug-likeness (QED) is 0.836. The number of quaternary nitrogens is 1. The van der Waals surface area contributed by atoms with E-state index >= 15 is 0 Å². The summed E-state index contributed by atoms with van der Waals surface area (Å²) >= 11 is 11.9. The molecule has 0 aliphatic carbocycles. The van der Waals surface area contributed by atoms with E-state index in [1.807, 2.05) is 12.1 Å². The zero-order chi connectivity index (χ0) is 17.6. The summed E-state index contributed by atoms with van der Waals surface area (Å²) in [6.45, 7) is 5.09. The molecule has 2 aromatic carbocycles. The molecule has 132 valence electrons. The third kappa shape index (κ3) is 4.95. The maximum Gasteiger partial charge on any atom is 0.251 e. The fourth-order valence-electron chi connectivity index (χ4n) is 2.92. The summed E-state index contributed by atoms with van der Waals surface area (Å²) < 4.78 is 5.42. The molecule has 0 radical (unpaired) electrons. The van der Waals surface area contributed by atoms with Gasteiger partial charge in [0.25, 0.3) is 5.91 Å². The summed E-state index contributed by atoms with van der Waals surface area (Å²) in [5.41, 5.74) is 2.90. The largest absolute Gasteiger partial charge is 0.370 e.